The molecule has 0 bridgehead atoms. The summed E-state index contributed by atoms with van der Waals surface area (Å²) in [5.41, 5.74) is 0.640. The number of rotatable bonds is 3. The minimum absolute atomic E-state index is 0.0638. The van der Waals surface area contributed by atoms with Gasteiger partial charge in [0.15, 0.2) is 0 Å². The van der Waals surface area contributed by atoms with Gasteiger partial charge in [0.25, 0.3) is 0 Å². The quantitative estimate of drug-likeness (QED) is 0.814. The maximum atomic E-state index is 11.9. The van der Waals surface area contributed by atoms with Gasteiger partial charge in [-0.15, -0.1) is 0 Å². The van der Waals surface area contributed by atoms with E-state index in [-0.39, 0.29) is 12.1 Å². The number of hydrogen-bond acceptors (Lipinski definition) is 3. The maximum absolute atomic E-state index is 11.9. The van der Waals surface area contributed by atoms with Crippen LogP contribution in [0.2, 0.25) is 0 Å². The van der Waals surface area contributed by atoms with Crippen molar-refractivity contribution in [3.63, 3.8) is 0 Å². The molecule has 1 aromatic carbocycles. The molecule has 0 aliphatic carbocycles. The summed E-state index contributed by atoms with van der Waals surface area (Å²) in [4.78, 5) is 11.9. The SMILES string of the molecule is CC[C@@H]1CNCC[C@H]1OC(=O)c1ccccc1. The van der Waals surface area contributed by atoms with Gasteiger partial charge < -0.3 is 10.1 Å². The van der Waals surface area contributed by atoms with Crippen LogP contribution in [0.15, 0.2) is 30.3 Å². The second kappa shape index (κ2) is 5.82. The molecule has 0 saturated carbocycles. The van der Waals surface area contributed by atoms with Crippen LogP contribution in [0.1, 0.15) is 30.1 Å². The Labute approximate surface area is 102 Å². The monoisotopic (exact) mass is 233 g/mol. The summed E-state index contributed by atoms with van der Waals surface area (Å²) in [6.45, 7) is 4.02. The molecule has 1 fully saturated rings. The summed E-state index contributed by atoms with van der Waals surface area (Å²) in [6, 6.07) is 9.21. The van der Waals surface area contributed by atoms with Crippen LogP contribution < -0.4 is 5.32 Å². The molecule has 1 heterocycles. The highest BCUT2D eigenvalue weighted by Crippen LogP contribution is 2.19. The van der Waals surface area contributed by atoms with Crippen LogP contribution >= 0.6 is 0 Å². The summed E-state index contributed by atoms with van der Waals surface area (Å²) in [6.07, 6.45) is 2.02. The summed E-state index contributed by atoms with van der Waals surface area (Å²) in [7, 11) is 0. The zero-order chi connectivity index (χ0) is 12.1. The zero-order valence-corrected chi connectivity index (χ0v) is 10.2. The predicted molar refractivity (Wildman–Crippen MR) is 66.9 cm³/mol. The normalized spacial score (nSPS) is 24.3. The van der Waals surface area contributed by atoms with Crippen LogP contribution in [0.3, 0.4) is 0 Å². The van der Waals surface area contributed by atoms with E-state index in [1.807, 2.05) is 18.2 Å². The highest BCUT2D eigenvalue weighted by Gasteiger charge is 2.26. The lowest BCUT2D eigenvalue weighted by Gasteiger charge is -2.31. The first-order chi connectivity index (χ1) is 8.31. The molecular weight excluding hydrogens is 214 g/mol. The van der Waals surface area contributed by atoms with E-state index in [0.29, 0.717) is 11.5 Å². The van der Waals surface area contributed by atoms with Crippen molar-refractivity contribution in [3.05, 3.63) is 35.9 Å². The van der Waals surface area contributed by atoms with E-state index in [9.17, 15) is 4.79 Å². The molecular formula is C14H19NO2. The number of hydrogen-bond donors (Lipinski definition) is 1. The number of carbonyl (C=O) groups is 1. The average molecular weight is 233 g/mol. The minimum Gasteiger partial charge on any atom is -0.458 e. The van der Waals surface area contributed by atoms with Crippen molar-refractivity contribution >= 4 is 5.97 Å². The third-order valence-corrected chi connectivity index (χ3v) is 3.33. The number of ether oxygens (including phenoxy) is 1. The number of carbonyl (C=O) groups excluding carboxylic acids is 1. The van der Waals surface area contributed by atoms with E-state index in [0.717, 1.165) is 25.9 Å². The number of piperidine rings is 1. The summed E-state index contributed by atoms with van der Waals surface area (Å²) in [5.74, 6) is 0.243. The second-order valence-electron chi connectivity index (χ2n) is 4.47. The van der Waals surface area contributed by atoms with Crippen molar-refractivity contribution in [1.29, 1.82) is 0 Å². The topological polar surface area (TPSA) is 38.3 Å². The lowest BCUT2D eigenvalue weighted by molar-refractivity contribution is 0.00432. The number of esters is 1. The fourth-order valence-electron chi connectivity index (χ4n) is 2.24. The largest absolute Gasteiger partial charge is 0.458 e. The van der Waals surface area contributed by atoms with E-state index in [2.05, 4.69) is 12.2 Å². The van der Waals surface area contributed by atoms with Crippen molar-refractivity contribution in [3.8, 4) is 0 Å². The lowest BCUT2D eigenvalue weighted by Crippen LogP contribution is -2.42. The Morgan fingerprint density at radius 3 is 2.88 bits per heavy atom. The smallest absolute Gasteiger partial charge is 0.338 e. The van der Waals surface area contributed by atoms with E-state index < -0.39 is 0 Å². The summed E-state index contributed by atoms with van der Waals surface area (Å²) in [5, 5.41) is 3.34. The van der Waals surface area contributed by atoms with E-state index in [1.54, 1.807) is 12.1 Å². The maximum Gasteiger partial charge on any atom is 0.338 e. The van der Waals surface area contributed by atoms with Gasteiger partial charge in [0.2, 0.25) is 0 Å². The molecule has 1 aromatic rings. The minimum atomic E-state index is -0.198. The number of nitrogens with one attached hydrogen (secondary N) is 1. The van der Waals surface area contributed by atoms with Crippen molar-refractivity contribution in [1.82, 2.24) is 5.32 Å². The van der Waals surface area contributed by atoms with Crippen LogP contribution in [0.5, 0.6) is 0 Å². The van der Waals surface area contributed by atoms with Gasteiger partial charge in [-0.3, -0.25) is 0 Å². The fourth-order valence-corrected chi connectivity index (χ4v) is 2.24. The standard InChI is InChI=1S/C14H19NO2/c1-2-11-10-15-9-8-13(11)17-14(16)12-6-4-3-5-7-12/h3-7,11,13,15H,2,8-10H2,1H3/t11-,13-/m1/s1. The molecule has 1 N–H and O–H groups in total. The van der Waals surface area contributed by atoms with Crippen molar-refractivity contribution in [2.75, 3.05) is 13.1 Å². The van der Waals surface area contributed by atoms with Gasteiger partial charge in [-0.25, -0.2) is 4.79 Å². The zero-order valence-electron chi connectivity index (χ0n) is 10.2. The predicted octanol–water partition coefficient (Wildman–Crippen LogP) is 2.23. The van der Waals surface area contributed by atoms with Crippen molar-refractivity contribution < 1.29 is 9.53 Å². The molecule has 2 rings (SSSR count). The molecule has 0 aromatic heterocycles. The molecule has 2 atom stereocenters. The van der Waals surface area contributed by atoms with Crippen molar-refractivity contribution in [2.24, 2.45) is 5.92 Å². The first-order valence-electron chi connectivity index (χ1n) is 6.28. The van der Waals surface area contributed by atoms with Gasteiger partial charge in [0, 0.05) is 12.5 Å². The Kier molecular flexibility index (Phi) is 4.15. The molecule has 1 aliphatic rings. The Morgan fingerprint density at radius 1 is 1.41 bits per heavy atom. The summed E-state index contributed by atoms with van der Waals surface area (Å²) < 4.78 is 5.60. The van der Waals surface area contributed by atoms with Crippen LogP contribution in [-0.2, 0) is 4.74 Å². The first-order valence-corrected chi connectivity index (χ1v) is 6.28. The highest BCUT2D eigenvalue weighted by molar-refractivity contribution is 5.89. The number of benzene rings is 1. The van der Waals surface area contributed by atoms with Gasteiger partial charge in [-0.1, -0.05) is 25.1 Å². The van der Waals surface area contributed by atoms with Gasteiger partial charge in [0.05, 0.1) is 5.56 Å². The van der Waals surface area contributed by atoms with Gasteiger partial charge >= 0.3 is 5.97 Å². The molecule has 3 nitrogen and oxygen atoms in total. The Balaban J connectivity index is 1.98. The second-order valence-corrected chi connectivity index (χ2v) is 4.47. The van der Waals surface area contributed by atoms with Gasteiger partial charge in [-0.2, -0.15) is 0 Å². The Hall–Kier alpha value is -1.35. The van der Waals surface area contributed by atoms with Gasteiger partial charge in [-0.05, 0) is 31.5 Å². The van der Waals surface area contributed by atoms with Crippen LogP contribution in [0, 0.1) is 5.92 Å². The Bertz CT molecular complexity index is 364. The molecule has 1 aliphatic heterocycles. The average Bonchev–Trinajstić information content (AvgIpc) is 2.40. The van der Waals surface area contributed by atoms with Crippen LogP contribution in [-0.4, -0.2) is 25.2 Å². The molecule has 17 heavy (non-hydrogen) atoms. The highest BCUT2D eigenvalue weighted by atomic mass is 16.5. The van der Waals surface area contributed by atoms with Crippen LogP contribution in [0.4, 0.5) is 0 Å². The molecule has 0 amide bonds. The van der Waals surface area contributed by atoms with E-state index in [4.69, 9.17) is 4.74 Å². The molecule has 3 heteroatoms. The third-order valence-electron chi connectivity index (χ3n) is 3.33. The van der Waals surface area contributed by atoms with E-state index >= 15 is 0 Å². The molecule has 0 spiro atoms. The van der Waals surface area contributed by atoms with E-state index in [1.165, 1.54) is 0 Å². The Morgan fingerprint density at radius 2 is 2.18 bits per heavy atom. The molecule has 0 radical (unpaired) electrons. The first kappa shape index (κ1) is 12.1. The van der Waals surface area contributed by atoms with Crippen molar-refractivity contribution in [2.45, 2.75) is 25.9 Å². The molecule has 1 saturated heterocycles. The van der Waals surface area contributed by atoms with Gasteiger partial charge in [0.1, 0.15) is 6.10 Å². The summed E-state index contributed by atoms with van der Waals surface area (Å²) >= 11 is 0. The van der Waals surface area contributed by atoms with Crippen LogP contribution in [0.25, 0.3) is 0 Å². The lowest BCUT2D eigenvalue weighted by atomic mass is 9.93. The molecule has 92 valence electrons. The molecule has 0 unspecified atom stereocenters. The fraction of sp³-hybridized carbons (Fsp3) is 0.500. The third kappa shape index (κ3) is 3.07.